The molecular weight excluding hydrogens is 212 g/mol. The summed E-state index contributed by atoms with van der Waals surface area (Å²) in [7, 11) is 0. The van der Waals surface area contributed by atoms with Gasteiger partial charge in [0.15, 0.2) is 0 Å². The van der Waals surface area contributed by atoms with E-state index in [1.165, 1.54) is 0 Å². The maximum atomic E-state index is 11.9. The first-order valence-corrected chi connectivity index (χ1v) is 7.04. The maximum absolute atomic E-state index is 11.9. The molecule has 0 radical (unpaired) electrons. The molecular formula is C14H30N2O. The van der Waals surface area contributed by atoms with E-state index in [1.54, 1.807) is 0 Å². The minimum Gasteiger partial charge on any atom is -0.351 e. The summed E-state index contributed by atoms with van der Waals surface area (Å²) in [6.07, 6.45) is 5.59. The van der Waals surface area contributed by atoms with Gasteiger partial charge in [-0.3, -0.25) is 4.79 Å². The summed E-state index contributed by atoms with van der Waals surface area (Å²) in [4.78, 5) is 11.9. The van der Waals surface area contributed by atoms with E-state index < -0.39 is 0 Å². The molecule has 1 amide bonds. The van der Waals surface area contributed by atoms with E-state index >= 15 is 0 Å². The molecule has 1 atom stereocenters. The highest BCUT2D eigenvalue weighted by Gasteiger charge is 2.25. The fraction of sp³-hybridized carbons (Fsp3) is 0.929. The van der Waals surface area contributed by atoms with Gasteiger partial charge in [-0.2, -0.15) is 0 Å². The van der Waals surface area contributed by atoms with Crippen LogP contribution in [0.2, 0.25) is 0 Å². The molecule has 102 valence electrons. The van der Waals surface area contributed by atoms with Gasteiger partial charge >= 0.3 is 0 Å². The van der Waals surface area contributed by atoms with Gasteiger partial charge in [-0.15, -0.1) is 0 Å². The largest absolute Gasteiger partial charge is 0.351 e. The number of rotatable bonds is 9. The quantitative estimate of drug-likeness (QED) is 0.653. The van der Waals surface area contributed by atoms with E-state index in [1.807, 2.05) is 0 Å². The van der Waals surface area contributed by atoms with Crippen molar-refractivity contribution in [1.82, 2.24) is 5.32 Å². The van der Waals surface area contributed by atoms with Crippen LogP contribution < -0.4 is 11.1 Å². The van der Waals surface area contributed by atoms with Gasteiger partial charge in [0.2, 0.25) is 5.91 Å². The monoisotopic (exact) mass is 242 g/mol. The zero-order valence-corrected chi connectivity index (χ0v) is 12.0. The Kier molecular flexibility index (Phi) is 8.23. The Morgan fingerprint density at radius 1 is 1.18 bits per heavy atom. The van der Waals surface area contributed by atoms with Crippen molar-refractivity contribution < 1.29 is 4.79 Å². The van der Waals surface area contributed by atoms with Gasteiger partial charge in [0.05, 0.1) is 0 Å². The summed E-state index contributed by atoms with van der Waals surface area (Å²) in [5.74, 6) is 0.740. The van der Waals surface area contributed by atoms with Crippen LogP contribution in [0.5, 0.6) is 0 Å². The molecule has 0 aromatic rings. The number of hydrogen-bond acceptors (Lipinski definition) is 2. The zero-order valence-electron chi connectivity index (χ0n) is 12.0. The van der Waals surface area contributed by atoms with Gasteiger partial charge in [0.25, 0.3) is 0 Å². The van der Waals surface area contributed by atoms with Crippen molar-refractivity contribution in [2.24, 2.45) is 11.7 Å². The van der Waals surface area contributed by atoms with Crippen molar-refractivity contribution in [2.45, 2.75) is 71.8 Å². The predicted molar refractivity (Wildman–Crippen MR) is 73.8 cm³/mol. The lowest BCUT2D eigenvalue weighted by Gasteiger charge is -2.32. The molecule has 0 aromatic heterocycles. The minimum absolute atomic E-state index is 0.00812. The van der Waals surface area contributed by atoms with Crippen molar-refractivity contribution >= 4 is 5.91 Å². The fourth-order valence-corrected chi connectivity index (χ4v) is 2.18. The van der Waals surface area contributed by atoms with Crippen LogP contribution in [0.3, 0.4) is 0 Å². The molecule has 3 N–H and O–H groups in total. The Morgan fingerprint density at radius 2 is 1.71 bits per heavy atom. The number of hydrogen-bond donors (Lipinski definition) is 2. The SMILES string of the molecule is CCC(CC)(CC)NC(=O)CCC(C)CCN. The van der Waals surface area contributed by atoms with E-state index in [4.69, 9.17) is 5.73 Å². The molecule has 0 aliphatic heterocycles. The first kappa shape index (κ1) is 16.4. The molecule has 0 spiro atoms. The minimum atomic E-state index is 0.00812. The second-order valence-electron chi connectivity index (χ2n) is 5.11. The predicted octanol–water partition coefficient (Wildman–Crippen LogP) is 2.84. The molecule has 0 fully saturated rings. The molecule has 0 saturated heterocycles. The molecule has 0 aromatic carbocycles. The molecule has 1 unspecified atom stereocenters. The van der Waals surface area contributed by atoms with E-state index in [2.05, 4.69) is 33.0 Å². The molecule has 0 rings (SSSR count). The molecule has 3 nitrogen and oxygen atoms in total. The van der Waals surface area contributed by atoms with Gasteiger partial charge in [-0.1, -0.05) is 27.7 Å². The summed E-state index contributed by atoms with van der Waals surface area (Å²) in [5.41, 5.74) is 5.51. The standard InChI is InChI=1S/C14H30N2O/c1-5-14(6-2,7-3)16-13(17)9-8-12(4)10-11-15/h12H,5-11,15H2,1-4H3,(H,16,17). The summed E-state index contributed by atoms with van der Waals surface area (Å²) in [5, 5.41) is 3.21. The number of nitrogens with one attached hydrogen (secondary N) is 1. The molecule has 3 heteroatoms. The van der Waals surface area contributed by atoms with Crippen molar-refractivity contribution in [2.75, 3.05) is 6.54 Å². The summed E-state index contributed by atoms with van der Waals surface area (Å²) in [6, 6.07) is 0. The van der Waals surface area contributed by atoms with Crippen molar-refractivity contribution in [3.8, 4) is 0 Å². The van der Waals surface area contributed by atoms with Crippen LogP contribution in [0.1, 0.15) is 66.2 Å². The third-order valence-corrected chi connectivity index (χ3v) is 3.96. The lowest BCUT2D eigenvalue weighted by Crippen LogP contribution is -2.47. The van der Waals surface area contributed by atoms with E-state index in [0.717, 1.165) is 32.1 Å². The van der Waals surface area contributed by atoms with Gasteiger partial charge < -0.3 is 11.1 Å². The molecule has 0 bridgehead atoms. The van der Waals surface area contributed by atoms with Gasteiger partial charge in [-0.25, -0.2) is 0 Å². The first-order valence-electron chi connectivity index (χ1n) is 7.04. The van der Waals surface area contributed by atoms with Crippen LogP contribution in [-0.2, 0) is 4.79 Å². The lowest BCUT2D eigenvalue weighted by molar-refractivity contribution is -0.123. The third-order valence-electron chi connectivity index (χ3n) is 3.96. The van der Waals surface area contributed by atoms with Crippen LogP contribution in [-0.4, -0.2) is 18.0 Å². The molecule has 0 aliphatic rings. The first-order chi connectivity index (χ1) is 8.03. The van der Waals surface area contributed by atoms with Crippen molar-refractivity contribution in [1.29, 1.82) is 0 Å². The van der Waals surface area contributed by atoms with Gasteiger partial charge in [0, 0.05) is 12.0 Å². The Bertz CT molecular complexity index is 204. The van der Waals surface area contributed by atoms with Gasteiger partial charge in [-0.05, 0) is 44.6 Å². The smallest absolute Gasteiger partial charge is 0.220 e. The summed E-state index contributed by atoms with van der Waals surface area (Å²) >= 11 is 0. The number of amides is 1. The topological polar surface area (TPSA) is 55.1 Å². The Hall–Kier alpha value is -0.570. The molecule has 0 aliphatic carbocycles. The Labute approximate surface area is 107 Å². The van der Waals surface area contributed by atoms with E-state index in [0.29, 0.717) is 18.9 Å². The van der Waals surface area contributed by atoms with Crippen LogP contribution in [0.25, 0.3) is 0 Å². The lowest BCUT2D eigenvalue weighted by atomic mass is 9.89. The van der Waals surface area contributed by atoms with Crippen LogP contribution in [0, 0.1) is 5.92 Å². The third kappa shape index (κ3) is 6.06. The normalized spacial score (nSPS) is 13.5. The second kappa shape index (κ2) is 8.51. The highest BCUT2D eigenvalue weighted by atomic mass is 16.1. The van der Waals surface area contributed by atoms with Crippen LogP contribution in [0.15, 0.2) is 0 Å². The average Bonchev–Trinajstić information content (AvgIpc) is 2.34. The Morgan fingerprint density at radius 3 is 2.12 bits per heavy atom. The van der Waals surface area contributed by atoms with Gasteiger partial charge in [0.1, 0.15) is 0 Å². The molecule has 0 heterocycles. The summed E-state index contributed by atoms with van der Waals surface area (Å²) in [6.45, 7) is 9.30. The molecule has 17 heavy (non-hydrogen) atoms. The fourth-order valence-electron chi connectivity index (χ4n) is 2.18. The van der Waals surface area contributed by atoms with E-state index in [-0.39, 0.29) is 11.4 Å². The maximum Gasteiger partial charge on any atom is 0.220 e. The van der Waals surface area contributed by atoms with Crippen LogP contribution >= 0.6 is 0 Å². The number of carbonyl (C=O) groups is 1. The van der Waals surface area contributed by atoms with E-state index in [9.17, 15) is 4.79 Å². The second-order valence-corrected chi connectivity index (χ2v) is 5.11. The van der Waals surface area contributed by atoms with Crippen LogP contribution in [0.4, 0.5) is 0 Å². The van der Waals surface area contributed by atoms with Crippen molar-refractivity contribution in [3.63, 3.8) is 0 Å². The Balaban J connectivity index is 4.07. The average molecular weight is 242 g/mol. The zero-order chi connectivity index (χ0) is 13.3. The number of carbonyl (C=O) groups excluding carboxylic acids is 1. The highest BCUT2D eigenvalue weighted by molar-refractivity contribution is 5.76. The van der Waals surface area contributed by atoms with Crippen molar-refractivity contribution in [3.05, 3.63) is 0 Å². The summed E-state index contributed by atoms with van der Waals surface area (Å²) < 4.78 is 0. The number of nitrogens with two attached hydrogens (primary N) is 1. The highest BCUT2D eigenvalue weighted by Crippen LogP contribution is 2.20. The molecule has 0 saturated carbocycles.